The lowest BCUT2D eigenvalue weighted by molar-refractivity contribution is 0.654. The lowest BCUT2D eigenvalue weighted by Gasteiger charge is -2.00. The van der Waals surface area contributed by atoms with E-state index in [1.165, 1.54) is 30.9 Å². The number of fused-ring (bicyclic) bond motifs is 2. The second kappa shape index (κ2) is 5.63. The molecule has 0 saturated carbocycles. The Kier molecular flexibility index (Phi) is 3.76. The summed E-state index contributed by atoms with van der Waals surface area (Å²) in [6, 6.07) is 4.59. The fraction of sp³-hybridized carbons (Fsp3) is 0.267. The second-order valence-electron chi connectivity index (χ2n) is 5.57. The van der Waals surface area contributed by atoms with Crippen LogP contribution in [-0.2, 0) is 6.42 Å². The van der Waals surface area contributed by atoms with Crippen molar-refractivity contribution < 1.29 is 0 Å². The number of aromatic nitrogens is 3. The minimum absolute atomic E-state index is 0.698. The summed E-state index contributed by atoms with van der Waals surface area (Å²) in [5.41, 5.74) is 2.86. The van der Waals surface area contributed by atoms with Gasteiger partial charge in [-0.3, -0.25) is 0 Å². The summed E-state index contributed by atoms with van der Waals surface area (Å²) in [5.74, 6) is 0.698. The minimum Gasteiger partial charge on any atom is -0.246 e. The van der Waals surface area contributed by atoms with Gasteiger partial charge in [0.1, 0.15) is 15.6 Å². The number of halogens is 1. The first kappa shape index (κ1) is 14.7. The quantitative estimate of drug-likeness (QED) is 0.390. The van der Waals surface area contributed by atoms with Gasteiger partial charge >= 0.3 is 0 Å². The van der Waals surface area contributed by atoms with Crippen molar-refractivity contribution in [3.05, 3.63) is 27.8 Å². The molecule has 0 aliphatic rings. The van der Waals surface area contributed by atoms with Crippen molar-refractivity contribution in [2.45, 2.75) is 20.3 Å². The fourth-order valence-electron chi connectivity index (χ4n) is 2.45. The molecule has 22 heavy (non-hydrogen) atoms. The van der Waals surface area contributed by atoms with Gasteiger partial charge in [-0.25, -0.2) is 4.98 Å². The van der Waals surface area contributed by atoms with Gasteiger partial charge in [-0.1, -0.05) is 13.8 Å². The number of thiophene rings is 2. The average molecular weight is 410 g/mol. The van der Waals surface area contributed by atoms with Crippen LogP contribution in [0.3, 0.4) is 0 Å². The van der Waals surface area contributed by atoms with Crippen molar-refractivity contribution >= 4 is 70.8 Å². The molecule has 0 bridgehead atoms. The van der Waals surface area contributed by atoms with Crippen LogP contribution in [-0.4, -0.2) is 13.7 Å². The van der Waals surface area contributed by atoms with Crippen LogP contribution in [0.25, 0.3) is 30.9 Å². The van der Waals surface area contributed by atoms with E-state index in [0.717, 1.165) is 27.6 Å². The maximum atomic E-state index is 4.44. The smallest absolute Gasteiger partial charge is 0.138 e. The predicted octanol–water partition coefficient (Wildman–Crippen LogP) is 5.99. The molecule has 0 N–H and O–H groups in total. The van der Waals surface area contributed by atoms with Crippen LogP contribution in [0.4, 0.5) is 0 Å². The van der Waals surface area contributed by atoms with E-state index < -0.39 is 0 Å². The molecular weight excluding hydrogens is 398 g/mol. The molecule has 7 heteroatoms. The minimum atomic E-state index is 0.698. The topological polar surface area (TPSA) is 38.7 Å². The van der Waals surface area contributed by atoms with Crippen molar-refractivity contribution in [2.24, 2.45) is 5.92 Å². The highest BCUT2D eigenvalue weighted by molar-refractivity contribution is 9.10. The standard InChI is InChI=1S/C15H12BrN3S3/c1-7(2)3-8-4-11-12(20-8)5-10(21-11)9-6-17-15(16)14-13(9)18-22-19-14/h4-7H,3H2,1-2H3. The number of pyridine rings is 1. The lowest BCUT2D eigenvalue weighted by atomic mass is 10.1. The first-order valence-corrected chi connectivity index (χ1v) is 10.1. The zero-order valence-corrected chi connectivity index (χ0v) is 16.0. The summed E-state index contributed by atoms with van der Waals surface area (Å²) in [4.78, 5) is 7.09. The summed E-state index contributed by atoms with van der Waals surface area (Å²) in [6.45, 7) is 4.53. The third-order valence-electron chi connectivity index (χ3n) is 3.38. The highest BCUT2D eigenvalue weighted by Crippen LogP contribution is 2.41. The predicted molar refractivity (Wildman–Crippen MR) is 100 cm³/mol. The van der Waals surface area contributed by atoms with Gasteiger partial charge in [0.05, 0.1) is 11.7 Å². The lowest BCUT2D eigenvalue weighted by Crippen LogP contribution is -1.89. The van der Waals surface area contributed by atoms with Crippen LogP contribution >= 0.6 is 50.3 Å². The van der Waals surface area contributed by atoms with E-state index in [2.05, 4.69) is 55.6 Å². The zero-order chi connectivity index (χ0) is 15.3. The molecule has 4 aromatic rings. The Labute approximate surface area is 148 Å². The van der Waals surface area contributed by atoms with Gasteiger partial charge < -0.3 is 0 Å². The van der Waals surface area contributed by atoms with E-state index in [1.54, 1.807) is 0 Å². The van der Waals surface area contributed by atoms with E-state index in [1.807, 2.05) is 28.9 Å². The van der Waals surface area contributed by atoms with Crippen LogP contribution in [0.2, 0.25) is 0 Å². The maximum Gasteiger partial charge on any atom is 0.138 e. The SMILES string of the molecule is CC(C)Cc1cc2sc(-c3cnc(Br)c4nsnc34)cc2s1. The highest BCUT2D eigenvalue weighted by Gasteiger charge is 2.15. The Morgan fingerprint density at radius 2 is 1.86 bits per heavy atom. The first-order chi connectivity index (χ1) is 10.6. The summed E-state index contributed by atoms with van der Waals surface area (Å²) >= 11 is 8.39. The molecule has 4 rings (SSSR count). The van der Waals surface area contributed by atoms with E-state index in [0.29, 0.717) is 5.92 Å². The Morgan fingerprint density at radius 1 is 1.09 bits per heavy atom. The third kappa shape index (κ3) is 2.50. The van der Waals surface area contributed by atoms with Crippen LogP contribution in [0.1, 0.15) is 18.7 Å². The largest absolute Gasteiger partial charge is 0.246 e. The third-order valence-corrected chi connectivity index (χ3v) is 6.84. The summed E-state index contributed by atoms with van der Waals surface area (Å²) in [6.07, 6.45) is 3.04. The summed E-state index contributed by atoms with van der Waals surface area (Å²) in [7, 11) is 0. The molecule has 0 amide bonds. The molecule has 0 radical (unpaired) electrons. The van der Waals surface area contributed by atoms with Gasteiger partial charge in [-0.05, 0) is 40.4 Å². The molecule has 0 aliphatic heterocycles. The molecule has 0 fully saturated rings. The van der Waals surface area contributed by atoms with Crippen LogP contribution in [0.15, 0.2) is 22.9 Å². The molecule has 0 atom stereocenters. The van der Waals surface area contributed by atoms with E-state index in [4.69, 9.17) is 0 Å². The Bertz CT molecular complexity index is 936. The van der Waals surface area contributed by atoms with Gasteiger partial charge in [-0.2, -0.15) is 8.75 Å². The van der Waals surface area contributed by atoms with Crippen molar-refractivity contribution in [1.82, 2.24) is 13.7 Å². The zero-order valence-electron chi connectivity index (χ0n) is 12.0. The van der Waals surface area contributed by atoms with Crippen molar-refractivity contribution in [1.29, 1.82) is 0 Å². The summed E-state index contributed by atoms with van der Waals surface area (Å²) < 4.78 is 12.2. The van der Waals surface area contributed by atoms with Crippen molar-refractivity contribution in [2.75, 3.05) is 0 Å². The second-order valence-corrected chi connectivity index (χ2v) is 9.11. The molecule has 112 valence electrons. The highest BCUT2D eigenvalue weighted by atomic mass is 79.9. The molecule has 0 aromatic carbocycles. The molecule has 0 spiro atoms. The fourth-order valence-corrected chi connectivity index (χ4v) is 6.15. The average Bonchev–Trinajstić information content (AvgIpc) is 3.12. The molecule has 0 aliphatic carbocycles. The molecule has 3 nitrogen and oxygen atoms in total. The Morgan fingerprint density at radius 3 is 2.64 bits per heavy atom. The van der Waals surface area contributed by atoms with Gasteiger partial charge in [0, 0.05) is 30.9 Å². The number of hydrogen-bond donors (Lipinski definition) is 0. The molecule has 4 heterocycles. The van der Waals surface area contributed by atoms with Gasteiger partial charge in [0.15, 0.2) is 0 Å². The van der Waals surface area contributed by atoms with Gasteiger partial charge in [0.25, 0.3) is 0 Å². The molecular formula is C15H12BrN3S3. The van der Waals surface area contributed by atoms with Gasteiger partial charge in [-0.15, -0.1) is 22.7 Å². The van der Waals surface area contributed by atoms with E-state index in [9.17, 15) is 0 Å². The Balaban J connectivity index is 1.81. The maximum absolute atomic E-state index is 4.44. The molecule has 0 saturated heterocycles. The molecule has 0 unspecified atom stereocenters. The van der Waals surface area contributed by atoms with E-state index in [-0.39, 0.29) is 0 Å². The Hall–Kier alpha value is -0.890. The normalized spacial score (nSPS) is 12.0. The molecule has 4 aromatic heterocycles. The van der Waals surface area contributed by atoms with Gasteiger partial charge in [0.2, 0.25) is 0 Å². The van der Waals surface area contributed by atoms with Crippen LogP contribution < -0.4 is 0 Å². The number of rotatable bonds is 3. The number of hydrogen-bond acceptors (Lipinski definition) is 6. The summed E-state index contributed by atoms with van der Waals surface area (Å²) in [5, 5.41) is 0. The van der Waals surface area contributed by atoms with Crippen LogP contribution in [0.5, 0.6) is 0 Å². The first-order valence-electron chi connectivity index (χ1n) is 6.91. The number of nitrogens with zero attached hydrogens (tertiary/aromatic N) is 3. The monoisotopic (exact) mass is 409 g/mol. The van der Waals surface area contributed by atoms with E-state index >= 15 is 0 Å². The van der Waals surface area contributed by atoms with Crippen molar-refractivity contribution in [3.63, 3.8) is 0 Å². The van der Waals surface area contributed by atoms with Crippen molar-refractivity contribution in [3.8, 4) is 10.4 Å². The van der Waals surface area contributed by atoms with Crippen LogP contribution in [0, 0.1) is 5.92 Å².